The van der Waals surface area contributed by atoms with Crippen LogP contribution in [0.4, 0.5) is 0 Å². The van der Waals surface area contributed by atoms with E-state index in [0.717, 1.165) is 0 Å². The topological polar surface area (TPSA) is 278 Å². The van der Waals surface area contributed by atoms with E-state index in [1.165, 1.54) is 0 Å². The third-order valence-electron chi connectivity index (χ3n) is 2.77. The maximum atomic E-state index is 10.6. The number of hydrogen-bond donors (Lipinski definition) is 3. The number of rotatable bonds is 6. The van der Waals surface area contributed by atoms with Crippen molar-refractivity contribution in [1.29, 1.82) is 0 Å². The van der Waals surface area contributed by atoms with Gasteiger partial charge in [0, 0.05) is 0 Å². The quantitative estimate of drug-likeness (QED) is 0.178. The van der Waals surface area contributed by atoms with Crippen LogP contribution < -0.4 is 338 Å². The largest absolute Gasteiger partial charge is 1.00 e. The van der Waals surface area contributed by atoms with E-state index in [1.54, 1.807) is 0 Å². The van der Waals surface area contributed by atoms with E-state index in [9.17, 15) is 58.4 Å². The summed E-state index contributed by atoms with van der Waals surface area (Å²) in [6.45, 7) is 0. The van der Waals surface area contributed by atoms with Crippen molar-refractivity contribution in [2.45, 2.75) is 36.6 Å². The first-order valence-corrected chi connectivity index (χ1v) is 10.1. The van der Waals surface area contributed by atoms with Crippen molar-refractivity contribution in [3.8, 4) is 0 Å². The van der Waals surface area contributed by atoms with Crippen molar-refractivity contribution in [3.63, 3.8) is 0 Å². The Balaban J connectivity index is -0.000000240. The Hall–Kier alpha value is 10.0. The van der Waals surface area contributed by atoms with Crippen LogP contribution in [0.5, 0.6) is 0 Å². The molecule has 0 amide bonds. The van der Waals surface area contributed by atoms with Crippen molar-refractivity contribution in [2.24, 2.45) is 0 Å². The van der Waals surface area contributed by atoms with Crippen LogP contribution in [0.1, 0.15) is 0 Å². The monoisotopic (exact) mass is 648 g/mol. The summed E-state index contributed by atoms with van der Waals surface area (Å²) in [5.41, 5.74) is 0. The van der Waals surface area contributed by atoms with Gasteiger partial charge in [0.1, 0.15) is 36.6 Å². The Labute approximate surface area is 426 Å². The summed E-state index contributed by atoms with van der Waals surface area (Å²) in [4.78, 5) is 63.6. The molecule has 0 aromatic heterocycles. The first kappa shape index (κ1) is 52.7. The molecule has 24 heteroatoms. The smallest absolute Gasteiger partial charge is 0.790 e. The fraction of sp³-hybridized carbons (Fsp3) is 1.00. The molecular formula is C6H9K6O15P3. The third-order valence-corrected chi connectivity index (χ3v) is 4.28. The molecule has 0 heterocycles. The SMILES string of the molecule is O=P([O-])([O-])O[C@H]1[C@H](O)[C@@H](O)[C@H](OP(=O)([O-])[O-])[C@@H](OP(=O)([O-])[O-])[C@H]1O.[K+].[K+].[K+].[K+].[K+].[K+]. The van der Waals surface area contributed by atoms with E-state index >= 15 is 0 Å². The maximum absolute atomic E-state index is 10.6. The number of aliphatic hydroxyl groups excluding tert-OH is 3. The van der Waals surface area contributed by atoms with Gasteiger partial charge in [-0.3, -0.25) is 0 Å². The van der Waals surface area contributed by atoms with Crippen LogP contribution in [-0.4, -0.2) is 51.9 Å². The molecule has 0 saturated heterocycles. The van der Waals surface area contributed by atoms with Crippen molar-refractivity contribution >= 4 is 23.5 Å². The summed E-state index contributed by atoms with van der Waals surface area (Å²) in [5.74, 6) is 0. The van der Waals surface area contributed by atoms with Crippen molar-refractivity contribution in [1.82, 2.24) is 0 Å². The zero-order valence-corrected chi connectivity index (χ0v) is 38.5. The molecular weight excluding hydrogens is 640 g/mol. The molecule has 1 fully saturated rings. The van der Waals surface area contributed by atoms with Gasteiger partial charge in [0.05, 0.1) is 23.5 Å². The van der Waals surface area contributed by atoms with E-state index in [1.807, 2.05) is 0 Å². The van der Waals surface area contributed by atoms with Gasteiger partial charge in [-0.05, 0) is 0 Å². The van der Waals surface area contributed by atoms with Crippen LogP contribution in [0.3, 0.4) is 0 Å². The maximum Gasteiger partial charge on any atom is 1.00 e. The Bertz CT molecular complexity index is 595. The van der Waals surface area contributed by atoms with Gasteiger partial charge in [-0.15, -0.1) is 0 Å². The second-order valence-corrected chi connectivity index (χ2v) is 7.84. The molecule has 3 N–H and O–H groups in total. The number of hydrogen-bond acceptors (Lipinski definition) is 15. The second-order valence-electron chi connectivity index (χ2n) is 4.52. The van der Waals surface area contributed by atoms with Crippen molar-refractivity contribution in [2.75, 3.05) is 0 Å². The van der Waals surface area contributed by atoms with E-state index in [-0.39, 0.29) is 308 Å². The van der Waals surface area contributed by atoms with Crippen molar-refractivity contribution in [3.05, 3.63) is 0 Å². The van der Waals surface area contributed by atoms with Gasteiger partial charge in [-0.1, -0.05) is 0 Å². The molecule has 0 unspecified atom stereocenters. The Kier molecular flexibility index (Phi) is 41.2. The minimum Gasteiger partial charge on any atom is -0.790 e. The molecule has 30 heavy (non-hydrogen) atoms. The zero-order valence-electron chi connectivity index (χ0n) is 17.0. The summed E-state index contributed by atoms with van der Waals surface area (Å²) in [6.07, 6.45) is -15.7. The average molecular weight is 649 g/mol. The molecule has 0 aliphatic heterocycles. The van der Waals surface area contributed by atoms with Gasteiger partial charge in [0.2, 0.25) is 0 Å². The van der Waals surface area contributed by atoms with Gasteiger partial charge < -0.3 is 71.9 Å². The molecule has 1 saturated carbocycles. The molecule has 6 atom stereocenters. The summed E-state index contributed by atoms with van der Waals surface area (Å²) >= 11 is 0. The fourth-order valence-corrected chi connectivity index (χ4v) is 3.62. The Morgan fingerprint density at radius 1 is 0.467 bits per heavy atom. The summed E-state index contributed by atoms with van der Waals surface area (Å²) < 4.78 is 43.0. The van der Waals surface area contributed by atoms with E-state index < -0.39 is 60.1 Å². The normalized spacial score (nSPS) is 28.7. The second kappa shape index (κ2) is 23.5. The fourth-order valence-electron chi connectivity index (χ4n) is 1.98. The van der Waals surface area contributed by atoms with Crippen LogP contribution in [0.15, 0.2) is 0 Å². The Morgan fingerprint density at radius 3 is 0.933 bits per heavy atom. The molecule has 0 spiro atoms. The molecule has 1 aliphatic rings. The molecule has 0 aromatic rings. The molecule has 0 bridgehead atoms. The number of phosphoric ester groups is 3. The van der Waals surface area contributed by atoms with Crippen LogP contribution in [-0.2, 0) is 27.3 Å². The predicted octanol–water partition coefficient (Wildman–Crippen LogP) is -25.3. The minimum atomic E-state index is -6.01. The van der Waals surface area contributed by atoms with Crippen LogP contribution in [0.2, 0.25) is 0 Å². The van der Waals surface area contributed by atoms with Gasteiger partial charge >= 0.3 is 308 Å². The van der Waals surface area contributed by atoms with Gasteiger partial charge in [-0.2, -0.15) is 0 Å². The molecule has 1 aliphatic carbocycles. The van der Waals surface area contributed by atoms with Gasteiger partial charge in [0.15, 0.2) is 0 Å². The first-order valence-electron chi connectivity index (χ1n) is 5.67. The van der Waals surface area contributed by atoms with E-state index in [4.69, 9.17) is 0 Å². The third kappa shape index (κ3) is 21.7. The summed E-state index contributed by atoms with van der Waals surface area (Å²) in [5, 5.41) is 28.9. The number of phosphoric acid groups is 3. The standard InChI is InChI=1S/C6H15O15P3.6K/c7-1-2(8)5(20-23(13,14)15)6(21-24(16,17)18)3(9)4(1)19-22(10,11)12;;;;;;/h1-9H,(H2,10,11,12)(H2,13,14,15)(H2,16,17,18);;;;;;/q;6*+1/p-6/t1-,2-,3+,4+,5+,6+;;;;;;/m1....../s1. The zero-order chi connectivity index (χ0) is 19.1. The van der Waals surface area contributed by atoms with Gasteiger partial charge in [0.25, 0.3) is 0 Å². The Morgan fingerprint density at radius 2 is 0.667 bits per heavy atom. The molecule has 144 valence electrons. The minimum absolute atomic E-state index is 0. The molecule has 0 aromatic carbocycles. The van der Waals surface area contributed by atoms with Crippen LogP contribution in [0, 0.1) is 0 Å². The predicted molar refractivity (Wildman–Crippen MR) is 55.5 cm³/mol. The molecule has 0 radical (unpaired) electrons. The van der Waals surface area contributed by atoms with Crippen molar-refractivity contribution < 1.29 is 380 Å². The molecule has 15 nitrogen and oxygen atoms in total. The number of aliphatic hydroxyl groups is 3. The van der Waals surface area contributed by atoms with Gasteiger partial charge in [-0.25, -0.2) is 0 Å². The summed E-state index contributed by atoms with van der Waals surface area (Å²) in [7, 11) is -17.9. The van der Waals surface area contributed by atoms with E-state index in [2.05, 4.69) is 13.6 Å². The van der Waals surface area contributed by atoms with E-state index in [0.29, 0.717) is 0 Å². The summed E-state index contributed by atoms with van der Waals surface area (Å²) in [6, 6.07) is 0. The average Bonchev–Trinajstić information content (AvgIpc) is 2.32. The van der Waals surface area contributed by atoms with Crippen LogP contribution >= 0.6 is 23.5 Å². The van der Waals surface area contributed by atoms with Crippen LogP contribution in [0.25, 0.3) is 0 Å². The molecule has 1 rings (SSSR count). The first-order chi connectivity index (χ1) is 10.5.